The fourth-order valence-corrected chi connectivity index (χ4v) is 5.40. The second-order valence-corrected chi connectivity index (χ2v) is 8.56. The first-order valence-electron chi connectivity index (χ1n) is 7.65. The van der Waals surface area contributed by atoms with Gasteiger partial charge in [-0.25, -0.2) is 8.42 Å². The van der Waals surface area contributed by atoms with E-state index in [0.29, 0.717) is 18.1 Å². The van der Waals surface area contributed by atoms with Crippen molar-refractivity contribution in [3.05, 3.63) is 35.4 Å². The number of benzene rings is 1. The van der Waals surface area contributed by atoms with Gasteiger partial charge in [-0.15, -0.1) is 0 Å². The maximum absolute atomic E-state index is 12.2. The molecule has 2 fully saturated rings. The average Bonchev–Trinajstić information content (AvgIpc) is 2.36. The number of rotatable bonds is 3. The number of hydrogen-bond donors (Lipinski definition) is 1. The Labute approximate surface area is 121 Å². The van der Waals surface area contributed by atoms with Crippen molar-refractivity contribution in [3.8, 4) is 0 Å². The summed E-state index contributed by atoms with van der Waals surface area (Å²) in [5, 5.41) is -0.395. The van der Waals surface area contributed by atoms with Gasteiger partial charge in [-0.3, -0.25) is 0 Å². The second-order valence-electron chi connectivity index (χ2n) is 6.22. The topological polar surface area (TPSA) is 60.2 Å². The van der Waals surface area contributed by atoms with Crippen molar-refractivity contribution in [2.45, 2.75) is 55.7 Å². The highest BCUT2D eigenvalue weighted by Gasteiger charge is 2.34. The Hall–Kier alpha value is -0.870. The summed E-state index contributed by atoms with van der Waals surface area (Å²) in [6.07, 6.45) is 6.27. The highest BCUT2D eigenvalue weighted by molar-refractivity contribution is 7.92. The lowest BCUT2D eigenvalue weighted by Gasteiger charge is -2.30. The molecule has 20 heavy (non-hydrogen) atoms. The van der Waals surface area contributed by atoms with Crippen LogP contribution in [-0.4, -0.2) is 19.4 Å². The van der Waals surface area contributed by atoms with Gasteiger partial charge in [0.1, 0.15) is 0 Å². The molecule has 1 heterocycles. The maximum Gasteiger partial charge on any atom is 0.155 e. The molecule has 1 aliphatic heterocycles. The van der Waals surface area contributed by atoms with Crippen molar-refractivity contribution in [2.75, 3.05) is 5.75 Å². The van der Waals surface area contributed by atoms with Crippen LogP contribution in [0.15, 0.2) is 24.3 Å². The van der Waals surface area contributed by atoms with Gasteiger partial charge in [-0.05, 0) is 42.7 Å². The van der Waals surface area contributed by atoms with Crippen LogP contribution in [-0.2, 0) is 9.84 Å². The zero-order valence-corrected chi connectivity index (χ0v) is 12.6. The molecule has 3 nitrogen and oxygen atoms in total. The molecular formula is C16H23NO2S. The van der Waals surface area contributed by atoms with Crippen molar-refractivity contribution >= 4 is 9.84 Å². The molecule has 110 valence electrons. The van der Waals surface area contributed by atoms with E-state index in [1.807, 2.05) is 12.1 Å². The Morgan fingerprint density at radius 2 is 1.90 bits per heavy atom. The minimum absolute atomic E-state index is 0.299. The van der Waals surface area contributed by atoms with Crippen LogP contribution in [0.1, 0.15) is 61.6 Å². The SMILES string of the molecule is NC(c1cccc(C2CCC2)c1)C1CCCCS1(=O)=O. The molecule has 0 spiro atoms. The number of sulfone groups is 1. The third-order valence-corrected chi connectivity index (χ3v) is 7.21. The number of hydrogen-bond acceptors (Lipinski definition) is 3. The van der Waals surface area contributed by atoms with Crippen LogP contribution in [0.2, 0.25) is 0 Å². The van der Waals surface area contributed by atoms with E-state index >= 15 is 0 Å². The molecular weight excluding hydrogens is 270 g/mol. The van der Waals surface area contributed by atoms with Gasteiger partial charge in [0.15, 0.2) is 9.84 Å². The Bertz CT molecular complexity index is 578. The fraction of sp³-hybridized carbons (Fsp3) is 0.625. The van der Waals surface area contributed by atoms with Gasteiger partial charge in [0.05, 0.1) is 11.0 Å². The lowest BCUT2D eigenvalue weighted by Crippen LogP contribution is -2.37. The largest absolute Gasteiger partial charge is 0.323 e. The summed E-state index contributed by atoms with van der Waals surface area (Å²) in [5.74, 6) is 0.957. The van der Waals surface area contributed by atoms with Gasteiger partial charge in [0.25, 0.3) is 0 Å². The van der Waals surface area contributed by atoms with E-state index in [2.05, 4.69) is 12.1 Å². The molecule has 2 unspecified atom stereocenters. The third-order valence-electron chi connectivity index (χ3n) is 4.90. The first-order chi connectivity index (χ1) is 9.58. The Morgan fingerprint density at radius 1 is 1.10 bits per heavy atom. The molecule has 0 amide bonds. The smallest absolute Gasteiger partial charge is 0.155 e. The van der Waals surface area contributed by atoms with Crippen LogP contribution >= 0.6 is 0 Å². The second kappa shape index (κ2) is 5.49. The van der Waals surface area contributed by atoms with Crippen LogP contribution in [0.3, 0.4) is 0 Å². The van der Waals surface area contributed by atoms with Gasteiger partial charge in [-0.1, -0.05) is 37.1 Å². The van der Waals surface area contributed by atoms with E-state index in [0.717, 1.165) is 18.4 Å². The zero-order chi connectivity index (χ0) is 14.2. The predicted octanol–water partition coefficient (Wildman–Crippen LogP) is 2.92. The predicted molar refractivity (Wildman–Crippen MR) is 81.4 cm³/mol. The first kappa shape index (κ1) is 14.1. The summed E-state index contributed by atoms with van der Waals surface area (Å²) >= 11 is 0. The molecule has 1 saturated carbocycles. The van der Waals surface area contributed by atoms with Crippen LogP contribution in [0.5, 0.6) is 0 Å². The molecule has 0 bridgehead atoms. The van der Waals surface area contributed by atoms with Crippen molar-refractivity contribution in [3.63, 3.8) is 0 Å². The lowest BCUT2D eigenvalue weighted by molar-refractivity contribution is 0.419. The number of nitrogens with two attached hydrogens (primary N) is 1. The molecule has 1 aliphatic carbocycles. The highest BCUT2D eigenvalue weighted by Crippen LogP contribution is 2.37. The van der Waals surface area contributed by atoms with E-state index < -0.39 is 15.1 Å². The molecule has 1 aromatic rings. The molecule has 2 N–H and O–H groups in total. The van der Waals surface area contributed by atoms with Gasteiger partial charge in [0.2, 0.25) is 0 Å². The Kier molecular flexibility index (Phi) is 3.87. The Morgan fingerprint density at radius 3 is 2.55 bits per heavy atom. The van der Waals surface area contributed by atoms with Gasteiger partial charge < -0.3 is 5.73 Å². The highest BCUT2D eigenvalue weighted by atomic mass is 32.2. The zero-order valence-electron chi connectivity index (χ0n) is 11.8. The minimum Gasteiger partial charge on any atom is -0.323 e. The van der Waals surface area contributed by atoms with E-state index in [1.54, 1.807) is 0 Å². The molecule has 0 radical (unpaired) electrons. The summed E-state index contributed by atoms with van der Waals surface area (Å²) in [4.78, 5) is 0. The van der Waals surface area contributed by atoms with Crippen molar-refractivity contribution in [2.24, 2.45) is 5.73 Å². The molecule has 0 aromatic heterocycles. The van der Waals surface area contributed by atoms with Gasteiger partial charge in [-0.2, -0.15) is 0 Å². The van der Waals surface area contributed by atoms with Crippen molar-refractivity contribution in [1.82, 2.24) is 0 Å². The maximum atomic E-state index is 12.2. The van der Waals surface area contributed by atoms with Crippen LogP contribution in [0.25, 0.3) is 0 Å². The first-order valence-corrected chi connectivity index (χ1v) is 9.36. The normalized spacial score (nSPS) is 27.8. The standard InChI is InChI=1S/C16H23NO2S/c17-16(15-9-1-2-10-20(15,18)19)14-8-4-7-13(11-14)12-5-3-6-12/h4,7-8,11-12,15-16H,1-3,5-6,9-10,17H2. The monoisotopic (exact) mass is 293 g/mol. The summed E-state index contributed by atoms with van der Waals surface area (Å²) < 4.78 is 24.4. The van der Waals surface area contributed by atoms with Crippen molar-refractivity contribution < 1.29 is 8.42 Å². The summed E-state index contributed by atoms with van der Waals surface area (Å²) in [7, 11) is -3.02. The summed E-state index contributed by atoms with van der Waals surface area (Å²) in [6.45, 7) is 0. The fourth-order valence-electron chi connectivity index (χ4n) is 3.36. The summed E-state index contributed by atoms with van der Waals surface area (Å²) in [6, 6.07) is 7.92. The van der Waals surface area contributed by atoms with Gasteiger partial charge >= 0.3 is 0 Å². The molecule has 4 heteroatoms. The minimum atomic E-state index is -3.02. The van der Waals surface area contributed by atoms with Gasteiger partial charge in [0, 0.05) is 6.04 Å². The Balaban J connectivity index is 1.84. The molecule has 2 aliphatic rings. The average molecular weight is 293 g/mol. The summed E-state index contributed by atoms with van der Waals surface area (Å²) in [5.41, 5.74) is 8.62. The van der Waals surface area contributed by atoms with Crippen LogP contribution in [0, 0.1) is 0 Å². The van der Waals surface area contributed by atoms with Crippen LogP contribution in [0.4, 0.5) is 0 Å². The molecule has 3 rings (SSSR count). The van der Waals surface area contributed by atoms with E-state index in [1.165, 1.54) is 24.8 Å². The van der Waals surface area contributed by atoms with E-state index in [4.69, 9.17) is 5.73 Å². The molecule has 2 atom stereocenters. The van der Waals surface area contributed by atoms with E-state index in [-0.39, 0.29) is 6.04 Å². The third kappa shape index (κ3) is 2.63. The molecule has 1 aromatic carbocycles. The quantitative estimate of drug-likeness (QED) is 0.932. The van der Waals surface area contributed by atoms with E-state index in [9.17, 15) is 8.42 Å². The lowest BCUT2D eigenvalue weighted by atomic mass is 9.79. The van der Waals surface area contributed by atoms with Crippen molar-refractivity contribution in [1.29, 1.82) is 0 Å². The molecule has 1 saturated heterocycles. The van der Waals surface area contributed by atoms with Crippen LogP contribution < -0.4 is 5.73 Å².